The van der Waals surface area contributed by atoms with Gasteiger partial charge in [0.1, 0.15) is 5.82 Å². The number of aromatic nitrogens is 2. The summed E-state index contributed by atoms with van der Waals surface area (Å²) < 4.78 is 0. The minimum Gasteiger partial charge on any atom is -0.309 e. The van der Waals surface area contributed by atoms with E-state index in [-0.39, 0.29) is 11.9 Å². The van der Waals surface area contributed by atoms with Gasteiger partial charge in [-0.1, -0.05) is 11.8 Å². The second-order valence-corrected chi connectivity index (χ2v) is 4.79. The summed E-state index contributed by atoms with van der Waals surface area (Å²) >= 11 is 1.47. The normalized spacial score (nSPS) is 19.3. The van der Waals surface area contributed by atoms with Gasteiger partial charge < -0.3 is 10.6 Å². The van der Waals surface area contributed by atoms with Crippen LogP contribution in [0, 0.1) is 6.92 Å². The number of carbonyl (C=O) groups excluding carboxylic acids is 1. The molecule has 0 saturated carbocycles. The van der Waals surface area contributed by atoms with Gasteiger partial charge in [0.05, 0.1) is 6.04 Å². The topological polar surface area (TPSA) is 66.9 Å². The van der Waals surface area contributed by atoms with Crippen LogP contribution in [0.5, 0.6) is 0 Å². The van der Waals surface area contributed by atoms with E-state index in [0.29, 0.717) is 11.0 Å². The zero-order valence-electron chi connectivity index (χ0n) is 9.99. The van der Waals surface area contributed by atoms with E-state index in [2.05, 4.69) is 20.6 Å². The van der Waals surface area contributed by atoms with Gasteiger partial charge in [-0.25, -0.2) is 9.97 Å². The van der Waals surface area contributed by atoms with Crippen molar-refractivity contribution in [2.75, 3.05) is 18.1 Å². The SMILES string of the molecule is CSc1nc(C)cc(NC(=O)[C@@H]2CCCN2)n1. The molecule has 0 spiro atoms. The molecule has 1 amide bonds. The van der Waals surface area contributed by atoms with Crippen LogP contribution in [-0.4, -0.2) is 34.7 Å². The molecule has 1 saturated heterocycles. The number of amides is 1. The number of anilines is 1. The number of nitrogens with zero attached hydrogens (tertiary/aromatic N) is 2. The van der Waals surface area contributed by atoms with Gasteiger partial charge in [0.15, 0.2) is 5.16 Å². The molecule has 0 aliphatic carbocycles. The fourth-order valence-electron chi connectivity index (χ4n) is 1.82. The molecule has 1 aliphatic rings. The number of carbonyl (C=O) groups is 1. The van der Waals surface area contributed by atoms with E-state index in [1.807, 2.05) is 13.2 Å². The third-order valence-electron chi connectivity index (χ3n) is 2.64. The Hall–Kier alpha value is -1.14. The van der Waals surface area contributed by atoms with Crippen LogP contribution in [0.15, 0.2) is 11.2 Å². The largest absolute Gasteiger partial charge is 0.309 e. The summed E-state index contributed by atoms with van der Waals surface area (Å²) in [5, 5.41) is 6.67. The van der Waals surface area contributed by atoms with Crippen LogP contribution in [0.4, 0.5) is 5.82 Å². The second-order valence-electron chi connectivity index (χ2n) is 4.02. The lowest BCUT2D eigenvalue weighted by molar-refractivity contribution is -0.117. The molecule has 2 N–H and O–H groups in total. The van der Waals surface area contributed by atoms with E-state index < -0.39 is 0 Å². The fraction of sp³-hybridized carbons (Fsp3) is 0.545. The summed E-state index contributed by atoms with van der Waals surface area (Å²) in [5.41, 5.74) is 0.860. The molecular weight excluding hydrogens is 236 g/mol. The minimum atomic E-state index is -0.0806. The molecule has 1 aromatic heterocycles. The molecule has 0 unspecified atom stereocenters. The van der Waals surface area contributed by atoms with Crippen molar-refractivity contribution in [3.8, 4) is 0 Å². The maximum atomic E-state index is 11.9. The van der Waals surface area contributed by atoms with Gasteiger partial charge in [-0.3, -0.25) is 4.79 Å². The Bertz CT molecular complexity index is 418. The van der Waals surface area contributed by atoms with Gasteiger partial charge in [-0.15, -0.1) is 0 Å². The Morgan fingerprint density at radius 3 is 3.06 bits per heavy atom. The third-order valence-corrected chi connectivity index (χ3v) is 3.19. The van der Waals surface area contributed by atoms with E-state index in [9.17, 15) is 4.79 Å². The van der Waals surface area contributed by atoms with Gasteiger partial charge in [-0.2, -0.15) is 0 Å². The molecule has 17 heavy (non-hydrogen) atoms. The van der Waals surface area contributed by atoms with E-state index in [1.165, 1.54) is 11.8 Å². The smallest absolute Gasteiger partial charge is 0.242 e. The highest BCUT2D eigenvalue weighted by Crippen LogP contribution is 2.14. The summed E-state index contributed by atoms with van der Waals surface area (Å²) in [7, 11) is 0. The van der Waals surface area contributed by atoms with Crippen LogP contribution in [-0.2, 0) is 4.79 Å². The first-order valence-corrected chi connectivity index (χ1v) is 6.85. The number of hydrogen-bond acceptors (Lipinski definition) is 5. The average molecular weight is 252 g/mol. The van der Waals surface area contributed by atoms with Crippen LogP contribution in [0.25, 0.3) is 0 Å². The Labute approximate surface area is 105 Å². The standard InChI is InChI=1S/C11H16N4OS/c1-7-6-9(15-11(13-7)17-2)14-10(16)8-4-3-5-12-8/h6,8,12H,3-5H2,1-2H3,(H,13,14,15,16)/t8-/m0/s1. The second kappa shape index (κ2) is 5.46. The van der Waals surface area contributed by atoms with Crippen molar-refractivity contribution in [2.45, 2.75) is 31.0 Å². The van der Waals surface area contributed by atoms with E-state index in [0.717, 1.165) is 25.1 Å². The zero-order valence-corrected chi connectivity index (χ0v) is 10.8. The molecule has 92 valence electrons. The monoisotopic (exact) mass is 252 g/mol. The summed E-state index contributed by atoms with van der Waals surface area (Å²) in [6.45, 7) is 2.81. The van der Waals surface area contributed by atoms with Crippen molar-refractivity contribution in [3.05, 3.63) is 11.8 Å². The first kappa shape index (κ1) is 12.3. The minimum absolute atomic E-state index is 0.00680. The molecule has 0 aromatic carbocycles. The van der Waals surface area contributed by atoms with Gasteiger partial charge in [-0.05, 0) is 32.6 Å². The summed E-state index contributed by atoms with van der Waals surface area (Å²) in [4.78, 5) is 20.4. The molecule has 1 aromatic rings. The maximum absolute atomic E-state index is 11.9. The van der Waals surface area contributed by atoms with E-state index in [1.54, 1.807) is 6.07 Å². The lowest BCUT2D eigenvalue weighted by atomic mass is 10.2. The predicted molar refractivity (Wildman–Crippen MR) is 68.2 cm³/mol. The summed E-state index contributed by atoms with van der Waals surface area (Å²) in [6, 6.07) is 1.70. The molecule has 1 atom stereocenters. The van der Waals surface area contributed by atoms with Crippen molar-refractivity contribution in [3.63, 3.8) is 0 Å². The Kier molecular flexibility index (Phi) is 3.96. The number of hydrogen-bond donors (Lipinski definition) is 2. The summed E-state index contributed by atoms with van der Waals surface area (Å²) in [5.74, 6) is 0.577. The molecule has 1 aliphatic heterocycles. The zero-order chi connectivity index (χ0) is 12.3. The number of rotatable bonds is 3. The quantitative estimate of drug-likeness (QED) is 0.625. The molecule has 0 radical (unpaired) electrons. The van der Waals surface area contributed by atoms with Crippen LogP contribution < -0.4 is 10.6 Å². The molecule has 2 rings (SSSR count). The van der Waals surface area contributed by atoms with Crippen LogP contribution in [0.3, 0.4) is 0 Å². The van der Waals surface area contributed by atoms with Crippen molar-refractivity contribution in [1.29, 1.82) is 0 Å². The lowest BCUT2D eigenvalue weighted by Crippen LogP contribution is -2.35. The van der Waals surface area contributed by atoms with Crippen molar-refractivity contribution in [2.24, 2.45) is 0 Å². The van der Waals surface area contributed by atoms with Gasteiger partial charge in [0.25, 0.3) is 0 Å². The number of nitrogens with one attached hydrogen (secondary N) is 2. The van der Waals surface area contributed by atoms with E-state index >= 15 is 0 Å². The average Bonchev–Trinajstić information content (AvgIpc) is 2.81. The highest BCUT2D eigenvalue weighted by molar-refractivity contribution is 7.98. The van der Waals surface area contributed by atoms with Gasteiger partial charge in [0, 0.05) is 11.8 Å². The third kappa shape index (κ3) is 3.17. The highest BCUT2D eigenvalue weighted by Gasteiger charge is 2.22. The molecular formula is C11H16N4OS. The number of aryl methyl sites for hydroxylation is 1. The van der Waals surface area contributed by atoms with E-state index in [4.69, 9.17) is 0 Å². The van der Waals surface area contributed by atoms with Gasteiger partial charge >= 0.3 is 0 Å². The fourth-order valence-corrected chi connectivity index (χ4v) is 2.24. The van der Waals surface area contributed by atoms with Crippen LogP contribution in [0.2, 0.25) is 0 Å². The molecule has 2 heterocycles. The number of thioether (sulfide) groups is 1. The summed E-state index contributed by atoms with van der Waals surface area (Å²) in [6.07, 6.45) is 3.86. The Morgan fingerprint density at radius 1 is 1.59 bits per heavy atom. The maximum Gasteiger partial charge on any atom is 0.242 e. The van der Waals surface area contributed by atoms with Crippen molar-refractivity contribution < 1.29 is 4.79 Å². The highest BCUT2D eigenvalue weighted by atomic mass is 32.2. The van der Waals surface area contributed by atoms with Crippen LogP contribution >= 0.6 is 11.8 Å². The lowest BCUT2D eigenvalue weighted by Gasteiger charge is -2.11. The van der Waals surface area contributed by atoms with Crippen LogP contribution in [0.1, 0.15) is 18.5 Å². The molecule has 1 fully saturated rings. The Balaban J connectivity index is 2.06. The first-order chi connectivity index (χ1) is 8.19. The van der Waals surface area contributed by atoms with Crippen molar-refractivity contribution in [1.82, 2.24) is 15.3 Å². The molecule has 0 bridgehead atoms. The van der Waals surface area contributed by atoms with Crippen molar-refractivity contribution >= 4 is 23.5 Å². The molecule has 5 nitrogen and oxygen atoms in total. The molecule has 6 heteroatoms. The Morgan fingerprint density at radius 2 is 2.41 bits per heavy atom. The predicted octanol–water partition coefficient (Wildman–Crippen LogP) is 1.20. The first-order valence-electron chi connectivity index (χ1n) is 5.63. The van der Waals surface area contributed by atoms with Gasteiger partial charge in [0.2, 0.25) is 5.91 Å².